The lowest BCUT2D eigenvalue weighted by atomic mass is 10.1. The number of non-ortho nitro benzene ring substituents is 1. The maximum atomic E-state index is 12.6. The number of hydrogen-bond donors (Lipinski definition) is 2. The number of carbonyl (C=O) groups is 2. The van der Waals surface area contributed by atoms with E-state index in [9.17, 15) is 29.6 Å². The molecule has 1 aliphatic rings. The van der Waals surface area contributed by atoms with Crippen molar-refractivity contribution in [3.8, 4) is 6.07 Å². The number of nitrogens with zero attached hydrogens (tertiary/aromatic N) is 4. The number of aromatic nitrogens is 2. The Labute approximate surface area is 244 Å². The molecule has 2 N–H and O–H groups in total. The number of ether oxygens (including phenoxy) is 4. The summed E-state index contributed by atoms with van der Waals surface area (Å²) in [7, 11) is 0. The SMILES string of the molecule is N#CCC(OC(=O)OC[C@H]1O[C@@H](n2ccc(NC(=O)OCCc3ccc([N+](=O)[O-])cc3)nc2=O)C[C@@H]1O)c1ccccc1. The van der Waals surface area contributed by atoms with E-state index < -0.39 is 47.4 Å². The Kier molecular flexibility index (Phi) is 10.3. The van der Waals surface area contributed by atoms with Crippen molar-refractivity contribution in [2.75, 3.05) is 18.5 Å². The maximum absolute atomic E-state index is 12.6. The van der Waals surface area contributed by atoms with Crippen molar-refractivity contribution in [3.05, 3.63) is 98.6 Å². The fourth-order valence-electron chi connectivity index (χ4n) is 4.20. The second-order valence-corrected chi connectivity index (χ2v) is 9.31. The van der Waals surface area contributed by atoms with E-state index in [1.54, 1.807) is 42.5 Å². The Morgan fingerprint density at radius 2 is 1.93 bits per heavy atom. The number of hydrogen-bond acceptors (Lipinski definition) is 12. The van der Waals surface area contributed by atoms with E-state index in [1.165, 1.54) is 24.4 Å². The van der Waals surface area contributed by atoms with Crippen LogP contribution >= 0.6 is 0 Å². The minimum Gasteiger partial charge on any atom is -0.449 e. The normalized spacial score (nSPS) is 18.2. The van der Waals surface area contributed by atoms with Crippen LogP contribution in [0.1, 0.15) is 36.3 Å². The molecule has 3 aromatic rings. The van der Waals surface area contributed by atoms with Gasteiger partial charge in [0, 0.05) is 31.2 Å². The van der Waals surface area contributed by atoms with Gasteiger partial charge in [-0.2, -0.15) is 10.2 Å². The number of rotatable bonds is 11. The van der Waals surface area contributed by atoms with E-state index in [0.717, 1.165) is 10.1 Å². The topological polar surface area (TPSA) is 205 Å². The van der Waals surface area contributed by atoms with Gasteiger partial charge in [-0.1, -0.05) is 42.5 Å². The lowest BCUT2D eigenvalue weighted by Gasteiger charge is -2.18. The Morgan fingerprint density at radius 3 is 2.60 bits per heavy atom. The van der Waals surface area contributed by atoms with E-state index in [0.29, 0.717) is 12.0 Å². The first-order valence-corrected chi connectivity index (χ1v) is 13.1. The van der Waals surface area contributed by atoms with Crippen LogP contribution in [-0.4, -0.2) is 57.3 Å². The van der Waals surface area contributed by atoms with Gasteiger partial charge in [-0.3, -0.25) is 20.0 Å². The molecule has 4 rings (SSSR count). The summed E-state index contributed by atoms with van der Waals surface area (Å²) >= 11 is 0. The molecule has 2 aromatic carbocycles. The van der Waals surface area contributed by atoms with Crippen LogP contribution in [0.5, 0.6) is 0 Å². The molecule has 1 fully saturated rings. The highest BCUT2D eigenvalue weighted by atomic mass is 16.7. The lowest BCUT2D eigenvalue weighted by molar-refractivity contribution is -0.384. The van der Waals surface area contributed by atoms with Crippen LogP contribution in [0.15, 0.2) is 71.7 Å². The molecule has 224 valence electrons. The van der Waals surface area contributed by atoms with Crippen molar-refractivity contribution < 1.29 is 38.6 Å². The molecule has 1 unspecified atom stereocenters. The molecule has 0 saturated carbocycles. The van der Waals surface area contributed by atoms with Gasteiger partial charge in [0.2, 0.25) is 0 Å². The number of anilines is 1. The van der Waals surface area contributed by atoms with Crippen molar-refractivity contribution in [1.82, 2.24) is 9.55 Å². The highest BCUT2D eigenvalue weighted by molar-refractivity contribution is 5.83. The predicted molar refractivity (Wildman–Crippen MR) is 147 cm³/mol. The molecule has 1 amide bonds. The fourth-order valence-corrected chi connectivity index (χ4v) is 4.20. The molecule has 0 radical (unpaired) electrons. The van der Waals surface area contributed by atoms with E-state index >= 15 is 0 Å². The van der Waals surface area contributed by atoms with E-state index in [1.807, 2.05) is 6.07 Å². The monoisotopic (exact) mass is 593 g/mol. The van der Waals surface area contributed by atoms with Gasteiger partial charge in [-0.25, -0.2) is 14.4 Å². The molecule has 4 atom stereocenters. The summed E-state index contributed by atoms with van der Waals surface area (Å²) < 4.78 is 22.2. The van der Waals surface area contributed by atoms with Gasteiger partial charge in [-0.15, -0.1) is 0 Å². The summed E-state index contributed by atoms with van der Waals surface area (Å²) in [6.07, 6.45) is -4.11. The maximum Gasteiger partial charge on any atom is 0.509 e. The second-order valence-electron chi connectivity index (χ2n) is 9.31. The molecule has 0 aliphatic carbocycles. The van der Waals surface area contributed by atoms with Crippen LogP contribution in [-0.2, 0) is 25.4 Å². The third-order valence-electron chi connectivity index (χ3n) is 6.40. The largest absolute Gasteiger partial charge is 0.509 e. The highest BCUT2D eigenvalue weighted by Gasteiger charge is 2.36. The zero-order valence-electron chi connectivity index (χ0n) is 22.6. The highest BCUT2D eigenvalue weighted by Crippen LogP contribution is 2.28. The number of nitrogens with one attached hydrogen (secondary N) is 1. The summed E-state index contributed by atoms with van der Waals surface area (Å²) in [5.41, 5.74) is 0.534. The first kappa shape index (κ1) is 30.6. The molecule has 15 nitrogen and oxygen atoms in total. The van der Waals surface area contributed by atoms with Gasteiger partial charge >= 0.3 is 17.9 Å². The van der Waals surface area contributed by atoms with Crippen molar-refractivity contribution in [2.24, 2.45) is 0 Å². The van der Waals surface area contributed by atoms with E-state index in [2.05, 4.69) is 10.3 Å². The molecular formula is C28H27N5O10. The van der Waals surface area contributed by atoms with Crippen molar-refractivity contribution in [2.45, 2.75) is 43.8 Å². The number of nitro benzene ring substituents is 1. The van der Waals surface area contributed by atoms with Gasteiger partial charge in [0.05, 0.1) is 30.1 Å². The van der Waals surface area contributed by atoms with Crippen molar-refractivity contribution >= 4 is 23.8 Å². The standard InChI is InChI=1S/C28H27N5O10/c29-13-10-22(19-4-2-1-3-5-19)43-28(37)41-17-23-21(34)16-25(42-23)32-14-11-24(30-26(32)35)31-27(36)40-15-12-18-6-8-20(9-7-18)33(38)39/h1-9,11,14,21-23,25,34H,10,12,15-17H2,(H,30,31,35,36)/t21-,22?,23+,25+/m0/s1. The average molecular weight is 594 g/mol. The number of aliphatic hydroxyl groups excluding tert-OH is 1. The molecule has 2 heterocycles. The summed E-state index contributed by atoms with van der Waals surface area (Å²) in [5, 5.41) is 32.5. The van der Waals surface area contributed by atoms with Crippen molar-refractivity contribution in [3.63, 3.8) is 0 Å². The third-order valence-corrected chi connectivity index (χ3v) is 6.40. The van der Waals surface area contributed by atoms with Gasteiger partial charge in [-0.05, 0) is 17.2 Å². The molecule has 0 bridgehead atoms. The predicted octanol–water partition coefficient (Wildman–Crippen LogP) is 3.40. The number of aliphatic hydroxyl groups is 1. The van der Waals surface area contributed by atoms with E-state index in [4.69, 9.17) is 24.2 Å². The molecule has 1 aromatic heterocycles. The number of amides is 1. The summed E-state index contributed by atoms with van der Waals surface area (Å²) in [6.45, 7) is -0.380. The van der Waals surface area contributed by atoms with Gasteiger partial charge in [0.1, 0.15) is 30.9 Å². The second kappa shape index (κ2) is 14.5. The van der Waals surface area contributed by atoms with E-state index in [-0.39, 0.29) is 37.6 Å². The first-order valence-electron chi connectivity index (χ1n) is 13.1. The molecule has 1 aliphatic heterocycles. The minimum atomic E-state index is -1.07. The summed E-state index contributed by atoms with van der Waals surface area (Å²) in [4.78, 5) is 50.9. The van der Waals surface area contributed by atoms with Crippen molar-refractivity contribution in [1.29, 1.82) is 5.26 Å². The zero-order valence-corrected chi connectivity index (χ0v) is 22.6. The Balaban J connectivity index is 1.24. The van der Waals surface area contributed by atoms with Gasteiger partial charge < -0.3 is 24.1 Å². The number of benzene rings is 2. The molecule has 0 spiro atoms. The Hall–Kier alpha value is -5.33. The van der Waals surface area contributed by atoms with Crippen LogP contribution in [0.25, 0.3) is 0 Å². The van der Waals surface area contributed by atoms with Crippen LogP contribution in [0, 0.1) is 21.4 Å². The Bertz CT molecular complexity index is 1520. The first-order chi connectivity index (χ1) is 20.7. The zero-order chi connectivity index (χ0) is 30.8. The molecular weight excluding hydrogens is 566 g/mol. The molecule has 1 saturated heterocycles. The van der Waals surface area contributed by atoms with Crippen LogP contribution in [0.3, 0.4) is 0 Å². The van der Waals surface area contributed by atoms with Crippen LogP contribution in [0.2, 0.25) is 0 Å². The number of nitriles is 1. The molecule has 15 heteroatoms. The van der Waals surface area contributed by atoms with Gasteiger partial charge in [0.15, 0.2) is 0 Å². The van der Waals surface area contributed by atoms with Gasteiger partial charge in [0.25, 0.3) is 5.69 Å². The third kappa shape index (κ3) is 8.58. The Morgan fingerprint density at radius 1 is 1.19 bits per heavy atom. The quantitative estimate of drug-likeness (QED) is 0.186. The fraction of sp³-hybridized carbons (Fsp3) is 0.321. The summed E-state index contributed by atoms with van der Waals surface area (Å²) in [6, 6.07) is 17.8. The van der Waals surface area contributed by atoms with Crippen LogP contribution in [0.4, 0.5) is 21.1 Å². The number of carbonyl (C=O) groups excluding carboxylic acids is 2. The summed E-state index contributed by atoms with van der Waals surface area (Å²) in [5.74, 6) is -0.0758. The number of nitro groups is 1. The van der Waals surface area contributed by atoms with Crippen LogP contribution < -0.4 is 11.0 Å². The smallest absolute Gasteiger partial charge is 0.449 e. The molecule has 43 heavy (non-hydrogen) atoms. The minimum absolute atomic E-state index is 0.00317. The average Bonchev–Trinajstić information content (AvgIpc) is 3.36. The lowest BCUT2D eigenvalue weighted by Crippen LogP contribution is -2.30.